The van der Waals surface area contributed by atoms with Crippen LogP contribution >= 0.6 is 0 Å². The molecule has 3 N–H and O–H groups in total. The van der Waals surface area contributed by atoms with Crippen LogP contribution in [0, 0.1) is 17.8 Å². The van der Waals surface area contributed by atoms with Crippen LogP contribution in [0.1, 0.15) is 53.4 Å². The number of amides is 1. The molecule has 1 rings (SSSR count). The van der Waals surface area contributed by atoms with Gasteiger partial charge >= 0.3 is 0 Å². The zero-order valence-corrected chi connectivity index (χ0v) is 11.7. The van der Waals surface area contributed by atoms with Gasteiger partial charge in [-0.3, -0.25) is 4.79 Å². The zero-order chi connectivity index (χ0) is 13.0. The number of carbonyl (C=O) groups is 1. The van der Waals surface area contributed by atoms with E-state index in [1.807, 2.05) is 0 Å². The monoisotopic (exact) mass is 240 g/mol. The van der Waals surface area contributed by atoms with E-state index in [1.165, 1.54) is 12.8 Å². The molecule has 0 aliphatic carbocycles. The van der Waals surface area contributed by atoms with E-state index in [2.05, 4.69) is 33.0 Å². The Morgan fingerprint density at radius 3 is 2.41 bits per heavy atom. The van der Waals surface area contributed by atoms with Gasteiger partial charge in [0.2, 0.25) is 5.91 Å². The molecule has 1 fully saturated rings. The SMILES string of the molecule is CCC(CC)CC1NC(C)CC(C)C1C(N)=O. The van der Waals surface area contributed by atoms with Crippen molar-refractivity contribution >= 4 is 5.91 Å². The Morgan fingerprint density at radius 2 is 1.94 bits per heavy atom. The van der Waals surface area contributed by atoms with Crippen LogP contribution in [0.4, 0.5) is 0 Å². The molecule has 3 heteroatoms. The highest BCUT2D eigenvalue weighted by Crippen LogP contribution is 2.30. The van der Waals surface area contributed by atoms with Gasteiger partial charge in [-0.15, -0.1) is 0 Å². The third-order valence-corrected chi connectivity index (χ3v) is 4.34. The summed E-state index contributed by atoms with van der Waals surface area (Å²) in [6.07, 6.45) is 4.49. The van der Waals surface area contributed by atoms with Gasteiger partial charge in [-0.2, -0.15) is 0 Å². The molecule has 4 atom stereocenters. The minimum atomic E-state index is -0.132. The molecule has 0 aromatic heterocycles. The Hall–Kier alpha value is -0.570. The Morgan fingerprint density at radius 1 is 1.35 bits per heavy atom. The van der Waals surface area contributed by atoms with Gasteiger partial charge < -0.3 is 11.1 Å². The molecule has 1 amide bonds. The number of primary amides is 1. The van der Waals surface area contributed by atoms with E-state index in [0.29, 0.717) is 17.9 Å². The molecule has 0 bridgehead atoms. The molecule has 0 aromatic carbocycles. The quantitative estimate of drug-likeness (QED) is 0.774. The van der Waals surface area contributed by atoms with Crippen molar-refractivity contribution in [2.24, 2.45) is 23.5 Å². The maximum atomic E-state index is 11.6. The normalized spacial score (nSPS) is 33.9. The first-order chi connectivity index (χ1) is 7.99. The van der Waals surface area contributed by atoms with Gasteiger partial charge in [-0.25, -0.2) is 0 Å². The van der Waals surface area contributed by atoms with Crippen molar-refractivity contribution in [2.75, 3.05) is 0 Å². The van der Waals surface area contributed by atoms with Gasteiger partial charge in [-0.1, -0.05) is 33.6 Å². The van der Waals surface area contributed by atoms with Gasteiger partial charge in [0.15, 0.2) is 0 Å². The minimum absolute atomic E-state index is 0.00630. The Kier molecular flexibility index (Phi) is 5.44. The van der Waals surface area contributed by atoms with E-state index in [1.54, 1.807) is 0 Å². The van der Waals surface area contributed by atoms with Crippen molar-refractivity contribution in [3.63, 3.8) is 0 Å². The molecule has 1 saturated heterocycles. The van der Waals surface area contributed by atoms with Crippen LogP contribution in [-0.4, -0.2) is 18.0 Å². The molecule has 1 aliphatic heterocycles. The Balaban J connectivity index is 2.72. The van der Waals surface area contributed by atoms with Crippen molar-refractivity contribution < 1.29 is 4.79 Å². The first-order valence-corrected chi connectivity index (χ1v) is 7.04. The van der Waals surface area contributed by atoms with Crippen molar-refractivity contribution in [3.8, 4) is 0 Å². The van der Waals surface area contributed by atoms with Crippen molar-refractivity contribution in [1.29, 1.82) is 0 Å². The van der Waals surface area contributed by atoms with Crippen LogP contribution in [0.15, 0.2) is 0 Å². The van der Waals surface area contributed by atoms with Crippen molar-refractivity contribution in [2.45, 2.75) is 65.5 Å². The van der Waals surface area contributed by atoms with Gasteiger partial charge in [0, 0.05) is 12.1 Å². The summed E-state index contributed by atoms with van der Waals surface area (Å²) in [7, 11) is 0. The summed E-state index contributed by atoms with van der Waals surface area (Å²) in [5.41, 5.74) is 5.57. The molecule has 0 saturated carbocycles. The van der Waals surface area contributed by atoms with Crippen LogP contribution in [0.2, 0.25) is 0 Å². The fraction of sp³-hybridized carbons (Fsp3) is 0.929. The second-order valence-electron chi connectivity index (χ2n) is 5.73. The minimum Gasteiger partial charge on any atom is -0.369 e. The molecule has 0 aromatic rings. The summed E-state index contributed by atoms with van der Waals surface area (Å²) in [5.74, 6) is 0.981. The predicted molar refractivity (Wildman–Crippen MR) is 71.5 cm³/mol. The maximum absolute atomic E-state index is 11.6. The molecule has 3 nitrogen and oxygen atoms in total. The number of carbonyl (C=O) groups excluding carboxylic acids is 1. The van der Waals surface area contributed by atoms with E-state index >= 15 is 0 Å². The molecule has 0 radical (unpaired) electrons. The predicted octanol–water partition coefficient (Wildman–Crippen LogP) is 2.30. The van der Waals surface area contributed by atoms with Crippen LogP contribution in [0.25, 0.3) is 0 Å². The van der Waals surface area contributed by atoms with Crippen molar-refractivity contribution in [3.05, 3.63) is 0 Å². The number of nitrogens with two attached hydrogens (primary N) is 1. The molecule has 17 heavy (non-hydrogen) atoms. The second kappa shape index (κ2) is 6.39. The molecule has 4 unspecified atom stereocenters. The third-order valence-electron chi connectivity index (χ3n) is 4.34. The van der Waals surface area contributed by atoms with Crippen LogP contribution < -0.4 is 11.1 Å². The Bertz CT molecular complexity index is 251. The van der Waals surface area contributed by atoms with Crippen LogP contribution in [-0.2, 0) is 4.79 Å². The Labute approximate surface area is 106 Å². The topological polar surface area (TPSA) is 55.1 Å². The average molecular weight is 240 g/mol. The lowest BCUT2D eigenvalue weighted by Crippen LogP contribution is -2.54. The van der Waals surface area contributed by atoms with Crippen LogP contribution in [0.5, 0.6) is 0 Å². The third kappa shape index (κ3) is 3.70. The number of piperidine rings is 1. The van der Waals surface area contributed by atoms with E-state index in [-0.39, 0.29) is 17.9 Å². The molecular formula is C14H28N2O. The summed E-state index contributed by atoms with van der Waals surface area (Å²) in [6, 6.07) is 0.774. The van der Waals surface area contributed by atoms with Gasteiger partial charge in [0.25, 0.3) is 0 Å². The van der Waals surface area contributed by atoms with Gasteiger partial charge in [0.05, 0.1) is 5.92 Å². The first kappa shape index (κ1) is 14.5. The highest BCUT2D eigenvalue weighted by Gasteiger charge is 2.37. The highest BCUT2D eigenvalue weighted by atomic mass is 16.1. The molecule has 100 valence electrons. The summed E-state index contributed by atoms with van der Waals surface area (Å²) >= 11 is 0. The lowest BCUT2D eigenvalue weighted by atomic mass is 9.75. The van der Waals surface area contributed by atoms with Crippen molar-refractivity contribution in [1.82, 2.24) is 5.32 Å². The average Bonchev–Trinajstić information content (AvgIpc) is 2.24. The van der Waals surface area contributed by atoms with E-state index in [9.17, 15) is 4.79 Å². The number of hydrogen-bond acceptors (Lipinski definition) is 2. The molecule has 1 heterocycles. The number of rotatable bonds is 5. The van der Waals surface area contributed by atoms with E-state index in [4.69, 9.17) is 5.73 Å². The standard InChI is InChI=1S/C14H28N2O/c1-5-11(6-2)8-12-13(14(15)17)9(3)7-10(4)16-12/h9-13,16H,5-8H2,1-4H3,(H2,15,17). The fourth-order valence-corrected chi connectivity index (χ4v) is 3.31. The molecular weight excluding hydrogens is 212 g/mol. The zero-order valence-electron chi connectivity index (χ0n) is 11.7. The lowest BCUT2D eigenvalue weighted by molar-refractivity contribution is -0.125. The number of hydrogen-bond donors (Lipinski definition) is 2. The van der Waals surface area contributed by atoms with E-state index < -0.39 is 0 Å². The fourth-order valence-electron chi connectivity index (χ4n) is 3.31. The largest absolute Gasteiger partial charge is 0.369 e. The second-order valence-corrected chi connectivity index (χ2v) is 5.73. The molecule has 0 spiro atoms. The van der Waals surface area contributed by atoms with Crippen LogP contribution in [0.3, 0.4) is 0 Å². The maximum Gasteiger partial charge on any atom is 0.222 e. The summed E-state index contributed by atoms with van der Waals surface area (Å²) in [6.45, 7) is 8.81. The number of nitrogens with one attached hydrogen (secondary N) is 1. The van der Waals surface area contributed by atoms with E-state index in [0.717, 1.165) is 12.8 Å². The molecule has 1 aliphatic rings. The summed E-state index contributed by atoms with van der Waals surface area (Å²) < 4.78 is 0. The smallest absolute Gasteiger partial charge is 0.222 e. The van der Waals surface area contributed by atoms with Gasteiger partial charge in [0.1, 0.15) is 0 Å². The highest BCUT2D eigenvalue weighted by molar-refractivity contribution is 5.77. The first-order valence-electron chi connectivity index (χ1n) is 7.04. The lowest BCUT2D eigenvalue weighted by Gasteiger charge is -2.40. The van der Waals surface area contributed by atoms with Gasteiger partial charge in [-0.05, 0) is 31.6 Å². The summed E-state index contributed by atoms with van der Waals surface area (Å²) in [4.78, 5) is 11.6. The summed E-state index contributed by atoms with van der Waals surface area (Å²) in [5, 5.41) is 3.58.